The Balaban J connectivity index is 2.38. The van der Waals surface area contributed by atoms with E-state index in [1.54, 1.807) is 14.2 Å². The van der Waals surface area contributed by atoms with Gasteiger partial charge in [0.05, 0.1) is 7.11 Å². The van der Waals surface area contributed by atoms with Crippen LogP contribution in [0.3, 0.4) is 0 Å². The van der Waals surface area contributed by atoms with Gasteiger partial charge in [-0.3, -0.25) is 5.10 Å². The number of nitrogens with zero attached hydrogens (tertiary/aromatic N) is 2. The molecule has 0 radical (unpaired) electrons. The van der Waals surface area contributed by atoms with E-state index in [-0.39, 0.29) is 0 Å². The SMILES string of the molecule is COCc1nc(-c2cc(C)c(OC)c(C)c2)n[nH]1. The molecule has 1 aromatic heterocycles. The van der Waals surface area contributed by atoms with Gasteiger partial charge in [-0.1, -0.05) is 0 Å². The van der Waals surface area contributed by atoms with Gasteiger partial charge in [0.25, 0.3) is 0 Å². The summed E-state index contributed by atoms with van der Waals surface area (Å²) in [6, 6.07) is 4.04. The topological polar surface area (TPSA) is 60.0 Å². The first-order valence-electron chi connectivity index (χ1n) is 5.71. The Morgan fingerprint density at radius 1 is 1.17 bits per heavy atom. The van der Waals surface area contributed by atoms with Crippen molar-refractivity contribution in [3.63, 3.8) is 0 Å². The number of hydrogen-bond donors (Lipinski definition) is 1. The fraction of sp³-hybridized carbons (Fsp3) is 0.385. The van der Waals surface area contributed by atoms with E-state index in [2.05, 4.69) is 15.2 Å². The number of aromatic nitrogens is 3. The van der Waals surface area contributed by atoms with Crippen LogP contribution in [0, 0.1) is 13.8 Å². The van der Waals surface area contributed by atoms with E-state index >= 15 is 0 Å². The summed E-state index contributed by atoms with van der Waals surface area (Å²) in [6.07, 6.45) is 0. The zero-order valence-corrected chi connectivity index (χ0v) is 11.1. The molecule has 0 fully saturated rings. The second-order valence-corrected chi connectivity index (χ2v) is 4.18. The van der Waals surface area contributed by atoms with Crippen LogP contribution in [-0.2, 0) is 11.3 Å². The third-order valence-corrected chi connectivity index (χ3v) is 2.74. The average molecular weight is 247 g/mol. The maximum Gasteiger partial charge on any atom is 0.181 e. The van der Waals surface area contributed by atoms with Crippen molar-refractivity contribution in [2.45, 2.75) is 20.5 Å². The average Bonchev–Trinajstić information content (AvgIpc) is 2.78. The number of rotatable bonds is 4. The molecule has 0 saturated carbocycles. The van der Waals surface area contributed by atoms with Crippen molar-refractivity contribution in [3.05, 3.63) is 29.1 Å². The summed E-state index contributed by atoms with van der Waals surface area (Å²) in [6.45, 7) is 4.46. The molecule has 0 amide bonds. The second kappa shape index (κ2) is 5.18. The van der Waals surface area contributed by atoms with Gasteiger partial charge in [0, 0.05) is 12.7 Å². The van der Waals surface area contributed by atoms with E-state index in [0.29, 0.717) is 12.4 Å². The van der Waals surface area contributed by atoms with Crippen LogP contribution in [0.5, 0.6) is 5.75 Å². The number of nitrogens with one attached hydrogen (secondary N) is 1. The molecule has 0 bridgehead atoms. The minimum absolute atomic E-state index is 0.432. The van der Waals surface area contributed by atoms with Crippen molar-refractivity contribution >= 4 is 0 Å². The molecule has 0 unspecified atom stereocenters. The van der Waals surface area contributed by atoms with Gasteiger partial charge in [0.15, 0.2) is 11.6 Å². The Kier molecular flexibility index (Phi) is 3.62. The molecule has 0 saturated heterocycles. The zero-order chi connectivity index (χ0) is 13.1. The summed E-state index contributed by atoms with van der Waals surface area (Å²) in [5.41, 5.74) is 3.13. The summed E-state index contributed by atoms with van der Waals surface area (Å²) >= 11 is 0. The number of H-pyrrole nitrogens is 1. The van der Waals surface area contributed by atoms with E-state index in [0.717, 1.165) is 28.3 Å². The predicted octanol–water partition coefficient (Wildman–Crippen LogP) is 2.24. The smallest absolute Gasteiger partial charge is 0.181 e. The molecule has 5 heteroatoms. The van der Waals surface area contributed by atoms with Crippen molar-refractivity contribution in [2.75, 3.05) is 14.2 Å². The van der Waals surface area contributed by atoms with Crippen molar-refractivity contribution < 1.29 is 9.47 Å². The highest BCUT2D eigenvalue weighted by molar-refractivity contribution is 5.61. The summed E-state index contributed by atoms with van der Waals surface area (Å²) in [4.78, 5) is 4.38. The summed E-state index contributed by atoms with van der Waals surface area (Å²) in [7, 11) is 3.31. The van der Waals surface area contributed by atoms with Crippen LogP contribution in [0.2, 0.25) is 0 Å². The molecule has 1 heterocycles. The Morgan fingerprint density at radius 3 is 2.39 bits per heavy atom. The van der Waals surface area contributed by atoms with Gasteiger partial charge in [-0.15, -0.1) is 0 Å². The van der Waals surface area contributed by atoms with Gasteiger partial charge < -0.3 is 9.47 Å². The quantitative estimate of drug-likeness (QED) is 0.900. The highest BCUT2D eigenvalue weighted by atomic mass is 16.5. The second-order valence-electron chi connectivity index (χ2n) is 4.18. The van der Waals surface area contributed by atoms with Crippen LogP contribution in [0.15, 0.2) is 12.1 Å². The lowest BCUT2D eigenvalue weighted by Crippen LogP contribution is -1.93. The zero-order valence-electron chi connectivity index (χ0n) is 11.1. The molecular weight excluding hydrogens is 230 g/mol. The van der Waals surface area contributed by atoms with Gasteiger partial charge in [0.2, 0.25) is 0 Å². The van der Waals surface area contributed by atoms with Crippen LogP contribution in [-0.4, -0.2) is 29.4 Å². The molecule has 0 atom stereocenters. The first kappa shape index (κ1) is 12.6. The van der Waals surface area contributed by atoms with E-state index in [9.17, 15) is 0 Å². The molecule has 0 aliphatic carbocycles. The van der Waals surface area contributed by atoms with E-state index in [1.165, 1.54) is 0 Å². The Morgan fingerprint density at radius 2 is 1.83 bits per heavy atom. The molecule has 0 spiro atoms. The summed E-state index contributed by atoms with van der Waals surface area (Å²) < 4.78 is 10.3. The lowest BCUT2D eigenvalue weighted by atomic mass is 10.1. The fourth-order valence-corrected chi connectivity index (χ4v) is 2.03. The van der Waals surface area contributed by atoms with Crippen LogP contribution in [0.1, 0.15) is 17.0 Å². The molecule has 0 aliphatic heterocycles. The summed E-state index contributed by atoms with van der Waals surface area (Å²) in [5.74, 6) is 2.31. The van der Waals surface area contributed by atoms with E-state index in [4.69, 9.17) is 9.47 Å². The van der Waals surface area contributed by atoms with Crippen LogP contribution >= 0.6 is 0 Å². The third-order valence-electron chi connectivity index (χ3n) is 2.74. The van der Waals surface area contributed by atoms with Crippen LogP contribution in [0.4, 0.5) is 0 Å². The fourth-order valence-electron chi connectivity index (χ4n) is 2.03. The minimum Gasteiger partial charge on any atom is -0.496 e. The Labute approximate surface area is 106 Å². The lowest BCUT2D eigenvalue weighted by Gasteiger charge is -2.09. The Bertz CT molecular complexity index is 526. The molecule has 2 aromatic rings. The number of aryl methyl sites for hydroxylation is 2. The predicted molar refractivity (Wildman–Crippen MR) is 68.6 cm³/mol. The number of aromatic amines is 1. The Hall–Kier alpha value is -1.88. The highest BCUT2D eigenvalue weighted by Crippen LogP contribution is 2.28. The van der Waals surface area contributed by atoms with E-state index < -0.39 is 0 Å². The first-order chi connectivity index (χ1) is 8.65. The van der Waals surface area contributed by atoms with Crippen molar-refractivity contribution in [2.24, 2.45) is 0 Å². The molecule has 96 valence electrons. The molecule has 5 nitrogen and oxygen atoms in total. The van der Waals surface area contributed by atoms with Gasteiger partial charge in [-0.2, -0.15) is 5.10 Å². The summed E-state index contributed by atoms with van der Waals surface area (Å²) in [5, 5.41) is 7.04. The molecule has 18 heavy (non-hydrogen) atoms. The molecule has 2 rings (SSSR count). The third kappa shape index (κ3) is 2.36. The normalized spacial score (nSPS) is 10.7. The number of methoxy groups -OCH3 is 2. The van der Waals surface area contributed by atoms with Crippen molar-refractivity contribution in [3.8, 4) is 17.1 Å². The van der Waals surface area contributed by atoms with Crippen LogP contribution in [0.25, 0.3) is 11.4 Å². The molecule has 1 aromatic carbocycles. The number of hydrogen-bond acceptors (Lipinski definition) is 4. The highest BCUT2D eigenvalue weighted by Gasteiger charge is 2.10. The largest absolute Gasteiger partial charge is 0.496 e. The maximum absolute atomic E-state index is 5.34. The number of benzene rings is 1. The maximum atomic E-state index is 5.34. The van der Waals surface area contributed by atoms with Crippen LogP contribution < -0.4 is 4.74 Å². The first-order valence-corrected chi connectivity index (χ1v) is 5.71. The van der Waals surface area contributed by atoms with Gasteiger partial charge >= 0.3 is 0 Å². The van der Waals surface area contributed by atoms with E-state index in [1.807, 2.05) is 26.0 Å². The standard InChI is InChI=1S/C13H17N3O2/c1-8-5-10(6-9(2)12(8)18-4)13-14-11(7-17-3)15-16-13/h5-6H,7H2,1-4H3,(H,14,15,16). The van der Waals surface area contributed by atoms with Gasteiger partial charge in [0.1, 0.15) is 12.4 Å². The lowest BCUT2D eigenvalue weighted by molar-refractivity contribution is 0.178. The molecule has 1 N–H and O–H groups in total. The molecular formula is C13H17N3O2. The van der Waals surface area contributed by atoms with Gasteiger partial charge in [-0.05, 0) is 37.1 Å². The monoisotopic (exact) mass is 247 g/mol. The molecule has 0 aliphatic rings. The number of ether oxygens (including phenoxy) is 2. The minimum atomic E-state index is 0.432. The van der Waals surface area contributed by atoms with Crippen molar-refractivity contribution in [1.29, 1.82) is 0 Å². The van der Waals surface area contributed by atoms with Gasteiger partial charge in [-0.25, -0.2) is 4.98 Å². The van der Waals surface area contributed by atoms with Crippen molar-refractivity contribution in [1.82, 2.24) is 15.2 Å².